The Labute approximate surface area is 129 Å². The van der Waals surface area contributed by atoms with E-state index in [2.05, 4.69) is 24.1 Å². The van der Waals surface area contributed by atoms with E-state index >= 15 is 0 Å². The Hall–Kier alpha value is -0.610. The third-order valence-electron chi connectivity index (χ3n) is 5.59. The van der Waals surface area contributed by atoms with E-state index in [1.165, 1.54) is 25.7 Å². The van der Waals surface area contributed by atoms with Gasteiger partial charge < -0.3 is 10.4 Å². The Morgan fingerprint density at radius 1 is 1.24 bits per heavy atom. The third-order valence-corrected chi connectivity index (χ3v) is 5.59. The van der Waals surface area contributed by atoms with Gasteiger partial charge in [0.1, 0.15) is 0 Å². The van der Waals surface area contributed by atoms with Crippen LogP contribution < -0.4 is 5.32 Å². The molecule has 0 spiro atoms. The van der Waals surface area contributed by atoms with E-state index in [4.69, 9.17) is 5.11 Å². The summed E-state index contributed by atoms with van der Waals surface area (Å²) in [5.74, 6) is 1.50. The fourth-order valence-electron chi connectivity index (χ4n) is 3.98. The molecule has 2 rings (SSSR count). The molecule has 0 aromatic rings. The number of hydrogen-bond donors (Lipinski definition) is 2. The summed E-state index contributed by atoms with van der Waals surface area (Å²) in [6.45, 7) is 6.39. The summed E-state index contributed by atoms with van der Waals surface area (Å²) in [5, 5.41) is 12.2. The first-order chi connectivity index (χ1) is 10.1. The number of carbonyl (C=O) groups is 1. The minimum absolute atomic E-state index is 0.192. The number of aliphatic hydroxyl groups is 1. The molecule has 1 heterocycles. The van der Waals surface area contributed by atoms with Gasteiger partial charge in [0, 0.05) is 18.7 Å². The Balaban J connectivity index is 1.78. The quantitative estimate of drug-likeness (QED) is 0.790. The van der Waals surface area contributed by atoms with Gasteiger partial charge in [0.05, 0.1) is 6.54 Å². The minimum atomic E-state index is 0.192. The summed E-state index contributed by atoms with van der Waals surface area (Å²) < 4.78 is 0. The first kappa shape index (κ1) is 16.8. The highest BCUT2D eigenvalue weighted by Crippen LogP contribution is 2.29. The topological polar surface area (TPSA) is 52.6 Å². The van der Waals surface area contributed by atoms with E-state index in [1.807, 2.05) is 0 Å². The molecule has 4 unspecified atom stereocenters. The average Bonchev–Trinajstić information content (AvgIpc) is 2.88. The van der Waals surface area contributed by atoms with E-state index in [9.17, 15) is 4.79 Å². The van der Waals surface area contributed by atoms with Crippen LogP contribution >= 0.6 is 0 Å². The maximum atomic E-state index is 12.3. The van der Waals surface area contributed by atoms with Gasteiger partial charge in [-0.2, -0.15) is 0 Å². The molecule has 122 valence electrons. The van der Waals surface area contributed by atoms with E-state index in [-0.39, 0.29) is 12.5 Å². The molecule has 1 amide bonds. The highest BCUT2D eigenvalue weighted by Gasteiger charge is 2.30. The lowest BCUT2D eigenvalue weighted by Crippen LogP contribution is -2.48. The standard InChI is InChI=1S/C17H32N2O2/c1-13-6-3-9-16(14(13)2)18-17(21)12-19-10-4-7-15(19)8-5-11-20/h13-16,20H,3-12H2,1-2H3,(H,18,21). The number of nitrogens with one attached hydrogen (secondary N) is 1. The molecule has 1 saturated heterocycles. The summed E-state index contributed by atoms with van der Waals surface area (Å²) in [4.78, 5) is 14.6. The maximum Gasteiger partial charge on any atom is 0.234 e. The molecule has 1 saturated carbocycles. The Morgan fingerprint density at radius 3 is 2.81 bits per heavy atom. The number of hydrogen-bond acceptors (Lipinski definition) is 3. The lowest BCUT2D eigenvalue weighted by atomic mass is 9.78. The summed E-state index contributed by atoms with van der Waals surface area (Å²) >= 11 is 0. The van der Waals surface area contributed by atoms with Gasteiger partial charge in [0.2, 0.25) is 5.91 Å². The van der Waals surface area contributed by atoms with Crippen molar-refractivity contribution in [2.24, 2.45) is 11.8 Å². The van der Waals surface area contributed by atoms with Crippen molar-refractivity contribution in [2.75, 3.05) is 19.7 Å². The van der Waals surface area contributed by atoms with Crippen molar-refractivity contribution in [2.45, 2.75) is 70.9 Å². The second kappa shape index (κ2) is 8.14. The maximum absolute atomic E-state index is 12.3. The number of amides is 1. The molecule has 21 heavy (non-hydrogen) atoms. The lowest BCUT2D eigenvalue weighted by molar-refractivity contribution is -0.124. The molecule has 2 aliphatic rings. The van der Waals surface area contributed by atoms with Crippen molar-refractivity contribution in [1.82, 2.24) is 10.2 Å². The molecule has 2 N–H and O–H groups in total. The summed E-state index contributed by atoms with van der Waals surface area (Å²) in [7, 11) is 0. The third kappa shape index (κ3) is 4.68. The predicted octanol–water partition coefficient (Wildman–Crippen LogP) is 2.16. The van der Waals surface area contributed by atoms with Gasteiger partial charge in [-0.3, -0.25) is 9.69 Å². The van der Waals surface area contributed by atoms with Gasteiger partial charge in [-0.15, -0.1) is 0 Å². The molecule has 1 aliphatic heterocycles. The largest absolute Gasteiger partial charge is 0.396 e. The number of likely N-dealkylation sites (tertiary alicyclic amines) is 1. The van der Waals surface area contributed by atoms with Gasteiger partial charge in [-0.05, 0) is 50.5 Å². The van der Waals surface area contributed by atoms with Crippen LogP contribution in [0.4, 0.5) is 0 Å². The molecule has 0 aromatic heterocycles. The van der Waals surface area contributed by atoms with Crippen molar-refractivity contribution in [3.05, 3.63) is 0 Å². The number of aliphatic hydroxyl groups excluding tert-OH is 1. The number of carbonyl (C=O) groups excluding carboxylic acids is 1. The van der Waals surface area contributed by atoms with E-state index in [0.717, 1.165) is 25.8 Å². The highest BCUT2D eigenvalue weighted by atomic mass is 16.3. The smallest absolute Gasteiger partial charge is 0.234 e. The van der Waals surface area contributed by atoms with E-state index in [0.29, 0.717) is 30.5 Å². The Bertz CT molecular complexity index is 335. The molecule has 0 radical (unpaired) electrons. The molecular formula is C17H32N2O2. The number of nitrogens with zero attached hydrogens (tertiary/aromatic N) is 1. The summed E-state index contributed by atoms with van der Waals surface area (Å²) in [5.41, 5.74) is 0. The van der Waals surface area contributed by atoms with Crippen molar-refractivity contribution in [3.63, 3.8) is 0 Å². The van der Waals surface area contributed by atoms with Gasteiger partial charge in [0.25, 0.3) is 0 Å². The van der Waals surface area contributed by atoms with E-state index < -0.39 is 0 Å². The highest BCUT2D eigenvalue weighted by molar-refractivity contribution is 5.78. The van der Waals surface area contributed by atoms with Crippen LogP contribution in [0.3, 0.4) is 0 Å². The fraction of sp³-hybridized carbons (Fsp3) is 0.941. The van der Waals surface area contributed by atoms with Gasteiger partial charge in [0.15, 0.2) is 0 Å². The summed E-state index contributed by atoms with van der Waals surface area (Å²) in [6, 6.07) is 0.852. The molecular weight excluding hydrogens is 264 g/mol. The van der Waals surface area contributed by atoms with Crippen LogP contribution in [0.2, 0.25) is 0 Å². The monoisotopic (exact) mass is 296 g/mol. The van der Waals surface area contributed by atoms with Crippen LogP contribution in [0, 0.1) is 11.8 Å². The van der Waals surface area contributed by atoms with Crippen LogP contribution in [-0.2, 0) is 4.79 Å². The van der Waals surface area contributed by atoms with E-state index in [1.54, 1.807) is 0 Å². The van der Waals surface area contributed by atoms with Gasteiger partial charge in [-0.1, -0.05) is 26.7 Å². The molecule has 4 atom stereocenters. The molecule has 0 bridgehead atoms. The van der Waals surface area contributed by atoms with Crippen LogP contribution in [0.15, 0.2) is 0 Å². The molecule has 2 fully saturated rings. The van der Waals surface area contributed by atoms with Gasteiger partial charge in [-0.25, -0.2) is 0 Å². The molecule has 4 heteroatoms. The fourth-order valence-corrected chi connectivity index (χ4v) is 3.98. The van der Waals surface area contributed by atoms with Crippen molar-refractivity contribution in [3.8, 4) is 0 Å². The second-order valence-electron chi connectivity index (χ2n) is 7.07. The number of rotatable bonds is 6. The van der Waals surface area contributed by atoms with Crippen molar-refractivity contribution in [1.29, 1.82) is 0 Å². The first-order valence-electron chi connectivity index (χ1n) is 8.76. The lowest BCUT2D eigenvalue weighted by Gasteiger charge is -2.35. The zero-order chi connectivity index (χ0) is 15.2. The van der Waals surface area contributed by atoms with Crippen LogP contribution in [0.5, 0.6) is 0 Å². The zero-order valence-corrected chi connectivity index (χ0v) is 13.7. The molecule has 0 aromatic carbocycles. The van der Waals surface area contributed by atoms with Gasteiger partial charge >= 0.3 is 0 Å². The second-order valence-corrected chi connectivity index (χ2v) is 7.07. The zero-order valence-electron chi connectivity index (χ0n) is 13.7. The average molecular weight is 296 g/mol. The van der Waals surface area contributed by atoms with Crippen molar-refractivity contribution >= 4 is 5.91 Å². The van der Waals surface area contributed by atoms with Crippen LogP contribution in [-0.4, -0.2) is 47.7 Å². The normalized spacial score (nSPS) is 34.0. The molecule has 4 nitrogen and oxygen atoms in total. The summed E-state index contributed by atoms with van der Waals surface area (Å²) in [6.07, 6.45) is 7.87. The SMILES string of the molecule is CC1CCCC(NC(=O)CN2CCCC2CCCO)C1C. The van der Waals surface area contributed by atoms with Crippen molar-refractivity contribution < 1.29 is 9.90 Å². The first-order valence-corrected chi connectivity index (χ1v) is 8.76. The van der Waals surface area contributed by atoms with Crippen LogP contribution in [0.1, 0.15) is 58.8 Å². The minimum Gasteiger partial charge on any atom is -0.396 e. The Morgan fingerprint density at radius 2 is 2.05 bits per heavy atom. The predicted molar refractivity (Wildman–Crippen MR) is 85.0 cm³/mol. The van der Waals surface area contributed by atoms with Crippen LogP contribution in [0.25, 0.3) is 0 Å². The Kier molecular flexibility index (Phi) is 6.49. The molecule has 1 aliphatic carbocycles.